The van der Waals surface area contributed by atoms with Gasteiger partial charge in [0.15, 0.2) is 18.2 Å². The molecular weight excluding hydrogens is 349 g/mol. The Hall–Kier alpha value is -2.45. The summed E-state index contributed by atoms with van der Waals surface area (Å²) in [4.78, 5) is 10.6. The van der Waals surface area contributed by atoms with Crippen molar-refractivity contribution in [1.82, 2.24) is 4.72 Å². The first-order valence-corrected chi connectivity index (χ1v) is 8.84. The summed E-state index contributed by atoms with van der Waals surface area (Å²) in [6.07, 6.45) is 0. The minimum Gasteiger partial charge on any atom is -0.479 e. The van der Waals surface area contributed by atoms with Crippen LogP contribution in [0.25, 0.3) is 0 Å². The van der Waals surface area contributed by atoms with E-state index in [1.54, 1.807) is 32.0 Å². The van der Waals surface area contributed by atoms with Crippen LogP contribution in [0.5, 0.6) is 5.75 Å². The van der Waals surface area contributed by atoms with Crippen LogP contribution in [0.4, 0.5) is 4.39 Å². The molecule has 0 spiro atoms. The van der Waals surface area contributed by atoms with Gasteiger partial charge in [-0.25, -0.2) is 22.3 Å². The molecule has 25 heavy (non-hydrogen) atoms. The zero-order valence-electron chi connectivity index (χ0n) is 13.7. The van der Waals surface area contributed by atoms with E-state index in [9.17, 15) is 17.6 Å². The van der Waals surface area contributed by atoms with Gasteiger partial charge in [0.2, 0.25) is 10.0 Å². The first-order chi connectivity index (χ1) is 11.6. The fourth-order valence-corrected chi connectivity index (χ4v) is 3.62. The zero-order valence-corrected chi connectivity index (χ0v) is 14.5. The summed E-state index contributed by atoms with van der Waals surface area (Å²) in [7, 11) is -3.79. The minimum atomic E-state index is -3.79. The van der Waals surface area contributed by atoms with E-state index in [2.05, 4.69) is 4.72 Å². The van der Waals surface area contributed by atoms with Crippen LogP contribution >= 0.6 is 0 Å². The number of carboxylic acids is 1. The summed E-state index contributed by atoms with van der Waals surface area (Å²) < 4.78 is 46.4. The molecule has 0 aliphatic heterocycles. The Labute approximate surface area is 145 Å². The van der Waals surface area contributed by atoms with Gasteiger partial charge >= 0.3 is 5.97 Å². The topological polar surface area (TPSA) is 92.7 Å². The van der Waals surface area contributed by atoms with E-state index >= 15 is 0 Å². The Morgan fingerprint density at radius 3 is 2.40 bits per heavy atom. The first-order valence-electron chi connectivity index (χ1n) is 7.35. The number of halogens is 1. The van der Waals surface area contributed by atoms with E-state index in [1.165, 1.54) is 24.3 Å². The molecule has 0 saturated carbocycles. The number of hydrogen-bond donors (Lipinski definition) is 2. The minimum absolute atomic E-state index is 0.102. The van der Waals surface area contributed by atoms with Crippen LogP contribution in [0, 0.1) is 5.82 Å². The number of nitrogens with one attached hydrogen (secondary N) is 1. The molecule has 0 aliphatic carbocycles. The smallest absolute Gasteiger partial charge is 0.341 e. The monoisotopic (exact) mass is 367 g/mol. The number of hydrogen-bond acceptors (Lipinski definition) is 4. The molecule has 0 saturated heterocycles. The lowest BCUT2D eigenvalue weighted by atomic mass is 9.95. The van der Waals surface area contributed by atoms with Gasteiger partial charge in [0, 0.05) is 0 Å². The molecule has 2 rings (SSSR count). The van der Waals surface area contributed by atoms with Crippen molar-refractivity contribution < 1.29 is 27.4 Å². The molecule has 2 aromatic rings. The Bertz CT molecular complexity index is 866. The number of rotatable bonds is 7. The van der Waals surface area contributed by atoms with Gasteiger partial charge in [-0.05, 0) is 43.7 Å². The van der Waals surface area contributed by atoms with E-state index < -0.39 is 34.0 Å². The number of benzene rings is 2. The molecule has 0 heterocycles. The summed E-state index contributed by atoms with van der Waals surface area (Å²) in [6.45, 7) is 2.53. The van der Waals surface area contributed by atoms with Gasteiger partial charge in [-0.15, -0.1) is 0 Å². The summed E-state index contributed by atoms with van der Waals surface area (Å²) in [5.41, 5.74) is -0.729. The van der Waals surface area contributed by atoms with Crippen molar-refractivity contribution in [1.29, 1.82) is 0 Å². The predicted octanol–water partition coefficient (Wildman–Crippen LogP) is 2.50. The largest absolute Gasteiger partial charge is 0.479 e. The molecular formula is C17H18FNO5S. The first kappa shape index (κ1) is 18.9. The Balaban J connectivity index is 2.24. The van der Waals surface area contributed by atoms with E-state index in [-0.39, 0.29) is 10.6 Å². The molecule has 0 aromatic heterocycles. The quantitative estimate of drug-likeness (QED) is 0.784. The highest BCUT2D eigenvalue weighted by atomic mass is 32.2. The van der Waals surface area contributed by atoms with Crippen molar-refractivity contribution in [2.24, 2.45) is 0 Å². The molecule has 0 unspecified atom stereocenters. The molecule has 8 heteroatoms. The Morgan fingerprint density at radius 2 is 1.84 bits per heavy atom. The average Bonchev–Trinajstić information content (AvgIpc) is 2.53. The molecule has 0 aliphatic rings. The van der Waals surface area contributed by atoms with Crippen LogP contribution < -0.4 is 9.46 Å². The lowest BCUT2D eigenvalue weighted by Gasteiger charge is -2.27. The highest BCUT2D eigenvalue weighted by molar-refractivity contribution is 7.89. The number of carboxylic acid groups (broad SMARTS) is 1. The van der Waals surface area contributed by atoms with E-state index in [0.717, 1.165) is 6.07 Å². The van der Waals surface area contributed by atoms with Gasteiger partial charge < -0.3 is 9.84 Å². The van der Waals surface area contributed by atoms with Gasteiger partial charge in [0.05, 0.1) is 10.4 Å². The summed E-state index contributed by atoms with van der Waals surface area (Å²) in [5.74, 6) is -2.21. The molecule has 2 aromatic carbocycles. The van der Waals surface area contributed by atoms with Crippen LogP contribution in [0.15, 0.2) is 53.4 Å². The molecule has 0 bridgehead atoms. The van der Waals surface area contributed by atoms with Gasteiger partial charge in [-0.1, -0.05) is 24.3 Å². The SMILES string of the molecule is CC(C)(NS(=O)(=O)c1ccccc1)c1ccc(OCC(=O)O)c(F)c1. The third-order valence-corrected chi connectivity index (χ3v) is 5.12. The van der Waals surface area contributed by atoms with Crippen molar-refractivity contribution in [3.8, 4) is 5.75 Å². The Morgan fingerprint density at radius 1 is 1.20 bits per heavy atom. The number of ether oxygens (including phenoxy) is 1. The lowest BCUT2D eigenvalue weighted by molar-refractivity contribution is -0.139. The normalized spacial score (nSPS) is 12.0. The van der Waals surface area contributed by atoms with Crippen molar-refractivity contribution >= 4 is 16.0 Å². The molecule has 6 nitrogen and oxygen atoms in total. The number of aliphatic carboxylic acids is 1. The molecule has 0 atom stereocenters. The van der Waals surface area contributed by atoms with Crippen LogP contribution in [-0.2, 0) is 20.4 Å². The maximum absolute atomic E-state index is 14.1. The molecule has 0 radical (unpaired) electrons. The standard InChI is InChI=1S/C17H18FNO5S/c1-17(2,19-25(22,23)13-6-4-3-5-7-13)12-8-9-15(14(18)10-12)24-11-16(20)21/h3-10,19H,11H2,1-2H3,(H,20,21). The second kappa shape index (κ2) is 7.20. The predicted molar refractivity (Wildman–Crippen MR) is 89.3 cm³/mol. The molecule has 0 fully saturated rings. The fourth-order valence-electron chi connectivity index (χ4n) is 2.20. The van der Waals surface area contributed by atoms with E-state index in [1.807, 2.05) is 0 Å². The van der Waals surface area contributed by atoms with Crippen LogP contribution in [-0.4, -0.2) is 26.1 Å². The van der Waals surface area contributed by atoms with Crippen LogP contribution in [0.1, 0.15) is 19.4 Å². The van der Waals surface area contributed by atoms with Crippen molar-refractivity contribution in [3.63, 3.8) is 0 Å². The van der Waals surface area contributed by atoms with Crippen LogP contribution in [0.2, 0.25) is 0 Å². The Kier molecular flexibility index (Phi) is 5.44. The molecule has 2 N–H and O–H groups in total. The molecule has 134 valence electrons. The van der Waals surface area contributed by atoms with Gasteiger partial charge in [0.25, 0.3) is 0 Å². The lowest BCUT2D eigenvalue weighted by Crippen LogP contribution is -2.40. The van der Waals surface area contributed by atoms with Crippen molar-refractivity contribution in [2.45, 2.75) is 24.3 Å². The summed E-state index contributed by atoms with van der Waals surface area (Å²) in [5, 5.41) is 8.56. The van der Waals surface area contributed by atoms with E-state index in [4.69, 9.17) is 9.84 Å². The summed E-state index contributed by atoms with van der Waals surface area (Å²) >= 11 is 0. The highest BCUT2D eigenvalue weighted by Gasteiger charge is 2.28. The van der Waals surface area contributed by atoms with Gasteiger partial charge in [-0.2, -0.15) is 0 Å². The maximum Gasteiger partial charge on any atom is 0.341 e. The second-order valence-electron chi connectivity index (χ2n) is 5.87. The van der Waals surface area contributed by atoms with Crippen LogP contribution in [0.3, 0.4) is 0 Å². The maximum atomic E-state index is 14.1. The van der Waals surface area contributed by atoms with Crippen molar-refractivity contribution in [2.75, 3.05) is 6.61 Å². The molecule has 0 amide bonds. The zero-order chi connectivity index (χ0) is 18.7. The fraction of sp³-hybridized carbons (Fsp3) is 0.235. The summed E-state index contributed by atoms with van der Waals surface area (Å²) in [6, 6.07) is 11.7. The average molecular weight is 367 g/mol. The number of sulfonamides is 1. The van der Waals surface area contributed by atoms with Crippen molar-refractivity contribution in [3.05, 3.63) is 59.9 Å². The second-order valence-corrected chi connectivity index (χ2v) is 7.55. The van der Waals surface area contributed by atoms with Gasteiger partial charge in [0.1, 0.15) is 0 Å². The third kappa shape index (κ3) is 4.77. The van der Waals surface area contributed by atoms with E-state index in [0.29, 0.717) is 5.56 Å². The third-order valence-electron chi connectivity index (χ3n) is 3.45. The highest BCUT2D eigenvalue weighted by Crippen LogP contribution is 2.27. The van der Waals surface area contributed by atoms with Gasteiger partial charge in [-0.3, -0.25) is 0 Å². The number of carbonyl (C=O) groups is 1.